The van der Waals surface area contributed by atoms with Gasteiger partial charge in [-0.25, -0.2) is 4.57 Å². The van der Waals surface area contributed by atoms with Crippen LogP contribution in [-0.4, -0.2) is 14.7 Å². The van der Waals surface area contributed by atoms with Gasteiger partial charge in [0.2, 0.25) is 0 Å². The van der Waals surface area contributed by atoms with Crippen LogP contribution in [0.2, 0.25) is 0 Å². The maximum Gasteiger partial charge on any atom is 1.00 e. The molecule has 0 spiro atoms. The smallest absolute Gasteiger partial charge is 1.00 e. The minimum Gasteiger partial charge on any atom is -1.00 e. The van der Waals surface area contributed by atoms with Crippen molar-refractivity contribution in [2.24, 2.45) is 0 Å². The first-order valence-corrected chi connectivity index (χ1v) is 2.35. The molecule has 0 aliphatic rings. The van der Waals surface area contributed by atoms with Gasteiger partial charge in [-0.2, -0.15) is 0 Å². The van der Waals surface area contributed by atoms with Crippen molar-refractivity contribution in [2.45, 2.75) is 0 Å². The number of phosphoric acid groups is 1. The van der Waals surface area contributed by atoms with Crippen molar-refractivity contribution in [3.8, 4) is 0 Å². The van der Waals surface area contributed by atoms with E-state index >= 15 is 0 Å². The fraction of sp³-hybridized carbons (Fsp3) is 0. The summed E-state index contributed by atoms with van der Waals surface area (Å²) in [4.78, 5) is 21.6. The van der Waals surface area contributed by atoms with Crippen LogP contribution in [-0.2, 0) is 31.9 Å². The molecule has 0 amide bonds. The SMILES string of the molecule is O=P(O)(O)O.[Cd].[H-].[Li+]. The third-order valence-corrected chi connectivity index (χ3v) is 0. The molecule has 0 saturated heterocycles. The number of rotatable bonds is 0. The fourth-order valence-electron chi connectivity index (χ4n) is 0. The zero-order valence-electron chi connectivity index (χ0n) is 4.90. The van der Waals surface area contributed by atoms with Crippen LogP contribution < -0.4 is 18.9 Å². The summed E-state index contributed by atoms with van der Waals surface area (Å²) in [7, 11) is -4.64. The van der Waals surface area contributed by atoms with Crippen LogP contribution >= 0.6 is 7.82 Å². The average Bonchev–Trinajstić information content (AvgIpc) is 0.722. The van der Waals surface area contributed by atoms with Crippen molar-refractivity contribution in [3.05, 3.63) is 0 Å². The molecule has 0 aliphatic heterocycles. The Kier molecular flexibility index (Phi) is 13.0. The van der Waals surface area contributed by atoms with Crippen molar-refractivity contribution >= 4 is 7.82 Å². The molecule has 0 aromatic carbocycles. The molecule has 0 bridgehead atoms. The van der Waals surface area contributed by atoms with Crippen molar-refractivity contribution < 1.29 is 66.8 Å². The van der Waals surface area contributed by atoms with Gasteiger partial charge in [0, 0.05) is 27.3 Å². The first kappa shape index (κ1) is 15.9. The van der Waals surface area contributed by atoms with Crippen LogP contribution in [0.3, 0.4) is 0 Å². The maximum atomic E-state index is 8.88. The molecule has 0 fully saturated rings. The molecular weight excluding hydrogens is 214 g/mol. The summed E-state index contributed by atoms with van der Waals surface area (Å²) in [6, 6.07) is 0. The molecule has 36 valence electrons. The average molecular weight is 218 g/mol. The summed E-state index contributed by atoms with van der Waals surface area (Å²) < 4.78 is 8.88. The minimum absolute atomic E-state index is 0. The fourth-order valence-corrected chi connectivity index (χ4v) is 0. The Balaban J connectivity index is -0.0000000267. The Labute approximate surface area is 74.4 Å². The van der Waals surface area contributed by atoms with Gasteiger partial charge in [0.05, 0.1) is 0 Å². The van der Waals surface area contributed by atoms with Crippen molar-refractivity contribution in [3.63, 3.8) is 0 Å². The summed E-state index contributed by atoms with van der Waals surface area (Å²) >= 11 is 0. The molecule has 7 heavy (non-hydrogen) atoms. The van der Waals surface area contributed by atoms with E-state index in [9.17, 15) is 0 Å². The van der Waals surface area contributed by atoms with Gasteiger partial charge in [-0.15, -0.1) is 0 Å². The second kappa shape index (κ2) is 5.76. The largest absolute Gasteiger partial charge is 1.00 e. The summed E-state index contributed by atoms with van der Waals surface area (Å²) in [5.41, 5.74) is 0. The van der Waals surface area contributed by atoms with E-state index in [1.807, 2.05) is 0 Å². The topological polar surface area (TPSA) is 77.8 Å². The van der Waals surface area contributed by atoms with E-state index in [1.165, 1.54) is 0 Å². The van der Waals surface area contributed by atoms with Crippen LogP contribution in [0.5, 0.6) is 0 Å². The zero-order chi connectivity index (χ0) is 4.50. The molecule has 4 nitrogen and oxygen atoms in total. The zero-order valence-corrected chi connectivity index (χ0v) is 8.83. The number of hydrogen-bond acceptors (Lipinski definition) is 1. The minimum atomic E-state index is -4.64. The summed E-state index contributed by atoms with van der Waals surface area (Å²) in [6.45, 7) is 0. The predicted molar refractivity (Wildman–Crippen MR) is 15.4 cm³/mol. The monoisotopic (exact) mass is 220 g/mol. The number of hydrogen-bond donors (Lipinski definition) is 3. The van der Waals surface area contributed by atoms with Gasteiger partial charge in [-0.1, -0.05) is 0 Å². The van der Waals surface area contributed by atoms with Gasteiger partial charge in [0.25, 0.3) is 0 Å². The van der Waals surface area contributed by atoms with E-state index in [0.717, 1.165) is 0 Å². The Hall–Kier alpha value is 1.63. The predicted octanol–water partition coefficient (Wildman–Crippen LogP) is -3.81. The molecule has 0 aliphatic carbocycles. The molecule has 0 atom stereocenters. The molecule has 0 aromatic heterocycles. The van der Waals surface area contributed by atoms with E-state index in [1.54, 1.807) is 0 Å². The van der Waals surface area contributed by atoms with Gasteiger partial charge in [-0.3, -0.25) is 0 Å². The van der Waals surface area contributed by atoms with E-state index in [4.69, 9.17) is 19.2 Å². The first-order chi connectivity index (χ1) is 2.00. The molecule has 7 heteroatoms. The molecular formula is H4CdLiO4P. The third kappa shape index (κ3) is 91.1. The Morgan fingerprint density at radius 1 is 1.29 bits per heavy atom. The normalized spacial score (nSPS) is 8.43. The first-order valence-electron chi connectivity index (χ1n) is 0.783. The van der Waals surface area contributed by atoms with Crippen molar-refractivity contribution in [1.29, 1.82) is 0 Å². The van der Waals surface area contributed by atoms with E-state index in [0.29, 0.717) is 0 Å². The van der Waals surface area contributed by atoms with Crippen molar-refractivity contribution in [2.75, 3.05) is 0 Å². The van der Waals surface area contributed by atoms with Gasteiger partial charge in [-0.05, 0) is 0 Å². The Morgan fingerprint density at radius 2 is 1.29 bits per heavy atom. The summed E-state index contributed by atoms with van der Waals surface area (Å²) in [6.07, 6.45) is 0. The summed E-state index contributed by atoms with van der Waals surface area (Å²) in [5, 5.41) is 0. The molecule has 0 unspecified atom stereocenters. The Bertz CT molecular complexity index is 62.2. The third-order valence-electron chi connectivity index (χ3n) is 0. The van der Waals surface area contributed by atoms with E-state index < -0.39 is 7.82 Å². The van der Waals surface area contributed by atoms with Crippen LogP contribution in [0.15, 0.2) is 0 Å². The van der Waals surface area contributed by atoms with E-state index in [-0.39, 0.29) is 47.6 Å². The van der Waals surface area contributed by atoms with Gasteiger partial charge in [0.1, 0.15) is 0 Å². The van der Waals surface area contributed by atoms with Crippen molar-refractivity contribution in [1.82, 2.24) is 0 Å². The van der Waals surface area contributed by atoms with Crippen LogP contribution in [0.25, 0.3) is 0 Å². The van der Waals surface area contributed by atoms with Gasteiger partial charge in [0.15, 0.2) is 0 Å². The molecule has 3 N–H and O–H groups in total. The molecule has 0 saturated carbocycles. The molecule has 0 aromatic rings. The molecule has 0 heterocycles. The molecule has 0 rings (SSSR count). The van der Waals surface area contributed by atoms with Crippen LogP contribution in [0.4, 0.5) is 0 Å². The second-order valence-corrected chi connectivity index (χ2v) is 1.54. The Morgan fingerprint density at radius 3 is 1.29 bits per heavy atom. The van der Waals surface area contributed by atoms with Crippen LogP contribution in [0, 0.1) is 0 Å². The quantitative estimate of drug-likeness (QED) is 0.288. The van der Waals surface area contributed by atoms with Crippen LogP contribution in [0.1, 0.15) is 1.43 Å². The molecule has 0 radical (unpaired) electrons. The second-order valence-electron chi connectivity index (χ2n) is 0.513. The summed E-state index contributed by atoms with van der Waals surface area (Å²) in [5.74, 6) is 0. The van der Waals surface area contributed by atoms with Gasteiger partial charge < -0.3 is 16.1 Å². The maximum absolute atomic E-state index is 8.88. The van der Waals surface area contributed by atoms with Gasteiger partial charge >= 0.3 is 26.7 Å². The van der Waals surface area contributed by atoms with E-state index in [2.05, 4.69) is 0 Å². The standard InChI is InChI=1S/Cd.Li.H3O4P.H/c;;1-5(2,3)4;/h;;(H3,1,2,3,4);/q;+1;;-1.